The highest BCUT2D eigenvalue weighted by Crippen LogP contribution is 2.45. The maximum Gasteiger partial charge on any atom is 0.273 e. The van der Waals surface area contributed by atoms with Gasteiger partial charge in [0.1, 0.15) is 29.5 Å². The third-order valence-corrected chi connectivity index (χ3v) is 6.47. The molecule has 1 atom stereocenters. The number of phenols is 1. The maximum atomic E-state index is 13.3. The first kappa shape index (κ1) is 22.7. The number of aromatic hydroxyl groups is 1. The van der Waals surface area contributed by atoms with Gasteiger partial charge < -0.3 is 14.7 Å². The summed E-state index contributed by atoms with van der Waals surface area (Å²) in [5.41, 5.74) is 6.55. The van der Waals surface area contributed by atoms with Crippen LogP contribution in [-0.2, 0) is 6.61 Å². The minimum Gasteiger partial charge on any atom is -0.507 e. The van der Waals surface area contributed by atoms with Crippen LogP contribution in [0.5, 0.6) is 11.5 Å². The number of amides is 1. The largest absolute Gasteiger partial charge is 0.507 e. The van der Waals surface area contributed by atoms with Gasteiger partial charge >= 0.3 is 0 Å². The molecule has 1 amide bonds. The fourth-order valence-electron chi connectivity index (χ4n) is 4.95. The molecule has 5 rings (SSSR count). The summed E-state index contributed by atoms with van der Waals surface area (Å²) in [4.78, 5) is 15.2. The number of nitrogens with zero attached hydrogens (tertiary/aromatic N) is 2. The van der Waals surface area contributed by atoms with E-state index in [1.165, 1.54) is 0 Å². The molecule has 1 aromatic heterocycles. The molecule has 0 aliphatic carbocycles. The number of phenolic OH excluding ortho intramolecular Hbond substituents is 1. The Bertz CT molecular complexity index is 1340. The Balaban J connectivity index is 1.52. The van der Waals surface area contributed by atoms with Crippen LogP contribution in [0.3, 0.4) is 0 Å². The molecule has 0 saturated carbocycles. The zero-order valence-electron chi connectivity index (χ0n) is 20.2. The average Bonchev–Trinajstić information content (AvgIpc) is 3.38. The Morgan fingerprint density at radius 3 is 2.49 bits per heavy atom. The highest BCUT2D eigenvalue weighted by molar-refractivity contribution is 6.00. The van der Waals surface area contributed by atoms with Gasteiger partial charge in [-0.2, -0.15) is 5.10 Å². The van der Waals surface area contributed by atoms with Gasteiger partial charge in [0, 0.05) is 17.7 Å². The van der Waals surface area contributed by atoms with Crippen LogP contribution in [0.15, 0.2) is 66.7 Å². The van der Waals surface area contributed by atoms with E-state index in [2.05, 4.69) is 17.1 Å². The fraction of sp³-hybridized carbons (Fsp3) is 0.241. The van der Waals surface area contributed by atoms with Crippen molar-refractivity contribution in [3.8, 4) is 22.8 Å². The van der Waals surface area contributed by atoms with Crippen molar-refractivity contribution in [3.63, 3.8) is 0 Å². The third kappa shape index (κ3) is 4.16. The molecular formula is C29H29N3O3. The highest BCUT2D eigenvalue weighted by atomic mass is 16.5. The molecule has 1 aliphatic heterocycles. The number of hydrogen-bond donors (Lipinski definition) is 2. The van der Waals surface area contributed by atoms with Gasteiger partial charge in [0.15, 0.2) is 0 Å². The molecule has 3 aromatic carbocycles. The van der Waals surface area contributed by atoms with Crippen LogP contribution in [0, 0.1) is 13.8 Å². The van der Waals surface area contributed by atoms with Gasteiger partial charge in [-0.3, -0.25) is 9.89 Å². The van der Waals surface area contributed by atoms with Crippen LogP contribution in [-0.4, -0.2) is 32.7 Å². The molecule has 0 bridgehead atoms. The first-order chi connectivity index (χ1) is 17.0. The van der Waals surface area contributed by atoms with Crippen molar-refractivity contribution in [2.24, 2.45) is 0 Å². The molecule has 0 saturated heterocycles. The number of carbonyl (C=O) groups excluding carboxylic acids is 1. The number of hydrogen-bond acceptors (Lipinski definition) is 4. The molecular weight excluding hydrogens is 438 g/mol. The third-order valence-electron chi connectivity index (χ3n) is 6.47. The normalized spacial score (nSPS) is 14.9. The van der Waals surface area contributed by atoms with Crippen molar-refractivity contribution < 1.29 is 14.6 Å². The van der Waals surface area contributed by atoms with Crippen LogP contribution < -0.4 is 4.74 Å². The van der Waals surface area contributed by atoms with E-state index in [-0.39, 0.29) is 17.7 Å². The summed E-state index contributed by atoms with van der Waals surface area (Å²) in [6.07, 6.45) is 0.836. The molecule has 2 heterocycles. The highest BCUT2D eigenvalue weighted by Gasteiger charge is 2.42. The molecule has 6 nitrogen and oxygen atoms in total. The minimum absolute atomic E-state index is 0.0701. The number of rotatable bonds is 7. The van der Waals surface area contributed by atoms with Gasteiger partial charge in [-0.05, 0) is 60.7 Å². The molecule has 0 radical (unpaired) electrons. The summed E-state index contributed by atoms with van der Waals surface area (Å²) in [6, 6.07) is 21.4. The number of aryl methyl sites for hydroxylation is 2. The van der Waals surface area contributed by atoms with E-state index >= 15 is 0 Å². The van der Waals surface area contributed by atoms with Crippen LogP contribution in [0.2, 0.25) is 0 Å². The van der Waals surface area contributed by atoms with Gasteiger partial charge in [0.25, 0.3) is 5.91 Å². The Hall–Kier alpha value is -4.06. The summed E-state index contributed by atoms with van der Waals surface area (Å²) >= 11 is 0. The van der Waals surface area contributed by atoms with Crippen LogP contribution in [0.1, 0.15) is 57.7 Å². The average molecular weight is 468 g/mol. The van der Waals surface area contributed by atoms with Crippen molar-refractivity contribution in [2.45, 2.75) is 39.8 Å². The van der Waals surface area contributed by atoms with Crippen molar-refractivity contribution in [1.82, 2.24) is 15.1 Å². The number of ether oxygens (including phenoxy) is 1. The van der Waals surface area contributed by atoms with E-state index in [9.17, 15) is 9.90 Å². The van der Waals surface area contributed by atoms with Crippen molar-refractivity contribution in [1.29, 1.82) is 0 Å². The minimum atomic E-state index is -0.297. The van der Waals surface area contributed by atoms with Gasteiger partial charge in [-0.25, -0.2) is 0 Å². The monoisotopic (exact) mass is 467 g/mol. The van der Waals surface area contributed by atoms with Gasteiger partial charge in [-0.1, -0.05) is 55.5 Å². The summed E-state index contributed by atoms with van der Waals surface area (Å²) in [5, 5.41) is 18.3. The van der Waals surface area contributed by atoms with E-state index in [1.807, 2.05) is 79.4 Å². The number of aromatic nitrogens is 2. The van der Waals surface area contributed by atoms with E-state index in [0.29, 0.717) is 30.1 Å². The van der Waals surface area contributed by atoms with Crippen LogP contribution in [0.25, 0.3) is 11.3 Å². The van der Waals surface area contributed by atoms with E-state index in [0.717, 1.165) is 40.0 Å². The quantitative estimate of drug-likeness (QED) is 0.353. The lowest BCUT2D eigenvalue weighted by Gasteiger charge is -2.26. The van der Waals surface area contributed by atoms with Crippen LogP contribution >= 0.6 is 0 Å². The first-order valence-corrected chi connectivity index (χ1v) is 11.9. The SMILES string of the molecule is CCCN1C(=O)c2[nH]nc(-c3c(C)cc(C)cc3O)c2C1c1ccc(OCc2ccccc2)cc1. The molecule has 1 unspecified atom stereocenters. The molecule has 0 spiro atoms. The van der Waals surface area contributed by atoms with Crippen LogP contribution in [0.4, 0.5) is 0 Å². The predicted octanol–water partition coefficient (Wildman–Crippen LogP) is 5.93. The summed E-state index contributed by atoms with van der Waals surface area (Å²) in [7, 11) is 0. The number of aromatic amines is 1. The lowest BCUT2D eigenvalue weighted by Crippen LogP contribution is -2.30. The van der Waals surface area contributed by atoms with E-state index < -0.39 is 0 Å². The molecule has 35 heavy (non-hydrogen) atoms. The van der Waals surface area contributed by atoms with Gasteiger partial charge in [-0.15, -0.1) is 0 Å². The summed E-state index contributed by atoms with van der Waals surface area (Å²) < 4.78 is 5.96. The summed E-state index contributed by atoms with van der Waals surface area (Å²) in [5.74, 6) is 0.865. The Morgan fingerprint density at radius 1 is 1.06 bits per heavy atom. The van der Waals surface area contributed by atoms with E-state index in [1.54, 1.807) is 6.07 Å². The molecule has 1 aliphatic rings. The standard InChI is InChI=1S/C29H29N3O3/c1-4-14-32-28(21-10-12-22(13-11-21)35-17-20-8-6-5-7-9-20)25-26(30-31-27(25)29(32)34)24-19(3)15-18(2)16-23(24)33/h5-13,15-16,28,33H,4,14,17H2,1-3H3,(H,30,31). The Labute approximate surface area is 205 Å². The van der Waals surface area contributed by atoms with E-state index in [4.69, 9.17) is 4.74 Å². The van der Waals surface area contributed by atoms with Gasteiger partial charge in [0.2, 0.25) is 0 Å². The number of benzene rings is 3. The van der Waals surface area contributed by atoms with Crippen molar-refractivity contribution in [2.75, 3.05) is 6.54 Å². The molecule has 2 N–H and O–H groups in total. The topological polar surface area (TPSA) is 78.5 Å². The fourth-order valence-corrected chi connectivity index (χ4v) is 4.95. The Morgan fingerprint density at radius 2 is 1.80 bits per heavy atom. The number of carbonyl (C=O) groups is 1. The number of fused-ring (bicyclic) bond motifs is 1. The molecule has 178 valence electrons. The Kier molecular flexibility index (Phi) is 6.03. The first-order valence-electron chi connectivity index (χ1n) is 11.9. The molecule has 6 heteroatoms. The number of nitrogens with one attached hydrogen (secondary N) is 1. The smallest absolute Gasteiger partial charge is 0.273 e. The predicted molar refractivity (Wildman–Crippen MR) is 136 cm³/mol. The number of H-pyrrole nitrogens is 1. The zero-order valence-corrected chi connectivity index (χ0v) is 20.2. The second-order valence-corrected chi connectivity index (χ2v) is 9.08. The summed E-state index contributed by atoms with van der Waals surface area (Å²) in [6.45, 7) is 7.08. The molecule has 0 fully saturated rings. The second kappa shape index (κ2) is 9.29. The van der Waals surface area contributed by atoms with Gasteiger partial charge in [0.05, 0.1) is 6.04 Å². The zero-order chi connectivity index (χ0) is 24.5. The van der Waals surface area contributed by atoms with Crippen molar-refractivity contribution >= 4 is 5.91 Å². The lowest BCUT2D eigenvalue weighted by atomic mass is 9.93. The lowest BCUT2D eigenvalue weighted by molar-refractivity contribution is 0.0744. The maximum absolute atomic E-state index is 13.3. The molecule has 4 aromatic rings. The second-order valence-electron chi connectivity index (χ2n) is 9.08. The van der Waals surface area contributed by atoms with Crippen molar-refractivity contribution in [3.05, 3.63) is 100 Å².